The number of aromatic hydroxyl groups is 1. The van der Waals surface area contributed by atoms with Crippen molar-refractivity contribution in [2.75, 3.05) is 32.1 Å². The van der Waals surface area contributed by atoms with Crippen molar-refractivity contribution < 1.29 is 27.8 Å². The topological polar surface area (TPSA) is 92.6 Å². The fourth-order valence-electron chi connectivity index (χ4n) is 6.44. The van der Waals surface area contributed by atoms with Crippen molar-refractivity contribution in [2.24, 2.45) is 0 Å². The number of anilines is 1. The van der Waals surface area contributed by atoms with Crippen LogP contribution < -0.4 is 14.8 Å². The molecule has 0 spiro atoms. The molecule has 7 rings (SSSR count). The summed E-state index contributed by atoms with van der Waals surface area (Å²) in [7, 11) is 1.39. The molecule has 11 heteroatoms. The maximum atomic E-state index is 16.6. The first-order chi connectivity index (χ1) is 20.3. The Morgan fingerprint density at radius 2 is 2.02 bits per heavy atom. The molecule has 42 heavy (non-hydrogen) atoms. The average molecular weight is 576 g/mol. The molecular weight excluding hydrogens is 547 g/mol. The molecule has 4 aromatic rings. The Labute approximate surface area is 239 Å². The predicted octanol–water partition coefficient (Wildman–Crippen LogP) is 5.35. The van der Waals surface area contributed by atoms with Crippen LogP contribution in [0.4, 0.5) is 19.0 Å². The van der Waals surface area contributed by atoms with Crippen LogP contribution in [0.3, 0.4) is 0 Å². The molecule has 2 saturated heterocycles. The van der Waals surface area contributed by atoms with Gasteiger partial charge in [-0.15, -0.1) is 6.42 Å². The first-order valence-electron chi connectivity index (χ1n) is 14.0. The van der Waals surface area contributed by atoms with Gasteiger partial charge >= 0.3 is 6.01 Å². The molecular formula is C31H28F3N5O3. The Morgan fingerprint density at radius 3 is 2.79 bits per heavy atom. The van der Waals surface area contributed by atoms with E-state index >= 15 is 4.39 Å². The zero-order valence-corrected chi connectivity index (χ0v) is 22.9. The molecule has 3 aliphatic rings. The number of pyridine rings is 1. The van der Waals surface area contributed by atoms with Crippen molar-refractivity contribution in [1.29, 1.82) is 0 Å². The second-order valence-corrected chi connectivity index (χ2v) is 11.3. The van der Waals surface area contributed by atoms with E-state index in [1.54, 1.807) is 0 Å². The van der Waals surface area contributed by atoms with Crippen LogP contribution in [0.25, 0.3) is 32.9 Å². The zero-order chi connectivity index (χ0) is 29.2. The standard InChI is InChI=1S/C31H28F3N5O3/c1-3-20-22(33)8-5-16-11-19(40)12-21(23(16)20)26-25(34)27-24(29(36-26)41-2)28(35-18-6-7-18)38-30(37-27)42-15-31-9-4-10-39(31)14-17(32)13-31/h1,5,8,11-12,17-18,40H,4,6-7,9-10,13-15H2,2H3,(H,35,37,38)/t17-,31+/m1/s1. The minimum atomic E-state index is -0.927. The van der Waals surface area contributed by atoms with Crippen LogP contribution >= 0.6 is 0 Å². The lowest BCUT2D eigenvalue weighted by molar-refractivity contribution is 0.107. The van der Waals surface area contributed by atoms with E-state index < -0.39 is 23.3 Å². The van der Waals surface area contributed by atoms with Gasteiger partial charge in [0.15, 0.2) is 5.82 Å². The summed E-state index contributed by atoms with van der Waals surface area (Å²) in [5, 5.41) is 14.6. The monoisotopic (exact) mass is 575 g/mol. The van der Waals surface area contributed by atoms with E-state index in [2.05, 4.69) is 31.1 Å². The highest BCUT2D eigenvalue weighted by molar-refractivity contribution is 6.04. The Morgan fingerprint density at radius 1 is 1.19 bits per heavy atom. The second-order valence-electron chi connectivity index (χ2n) is 11.3. The molecule has 2 aromatic carbocycles. The van der Waals surface area contributed by atoms with Gasteiger partial charge in [-0.3, -0.25) is 4.90 Å². The maximum absolute atomic E-state index is 16.6. The third kappa shape index (κ3) is 4.32. The van der Waals surface area contributed by atoms with Gasteiger partial charge in [-0.25, -0.2) is 18.2 Å². The van der Waals surface area contributed by atoms with Crippen LogP contribution in [0, 0.1) is 24.0 Å². The highest BCUT2D eigenvalue weighted by atomic mass is 19.1. The molecule has 1 saturated carbocycles. The third-order valence-corrected chi connectivity index (χ3v) is 8.53. The SMILES string of the molecule is C#Cc1c(F)ccc2cc(O)cc(-c3nc(OC)c4c(NC5CC5)nc(OC[C@@]56CCCN5C[C@H](F)C6)nc4c3F)c12. The summed E-state index contributed by atoms with van der Waals surface area (Å²) < 4.78 is 57.4. The van der Waals surface area contributed by atoms with Crippen molar-refractivity contribution in [3.8, 4) is 41.2 Å². The van der Waals surface area contributed by atoms with Gasteiger partial charge in [0, 0.05) is 30.0 Å². The molecule has 216 valence electrons. The number of halogens is 3. The lowest BCUT2D eigenvalue weighted by Crippen LogP contribution is -2.43. The number of methoxy groups -OCH3 is 1. The molecule has 1 aliphatic carbocycles. The molecule has 0 unspecified atom stereocenters. The normalized spacial score (nSPS) is 21.9. The van der Waals surface area contributed by atoms with Crippen molar-refractivity contribution in [3.05, 3.63) is 41.5 Å². The maximum Gasteiger partial charge on any atom is 0.319 e. The van der Waals surface area contributed by atoms with E-state index in [0.29, 0.717) is 24.2 Å². The van der Waals surface area contributed by atoms with Crippen LogP contribution in [0.5, 0.6) is 17.6 Å². The van der Waals surface area contributed by atoms with Crippen LogP contribution in [0.1, 0.15) is 37.7 Å². The first-order valence-corrected chi connectivity index (χ1v) is 14.0. The van der Waals surface area contributed by atoms with E-state index in [-0.39, 0.29) is 63.4 Å². The lowest BCUT2D eigenvalue weighted by Gasteiger charge is -2.30. The summed E-state index contributed by atoms with van der Waals surface area (Å²) >= 11 is 0. The zero-order valence-electron chi connectivity index (χ0n) is 22.9. The minimum Gasteiger partial charge on any atom is -0.508 e. The average Bonchev–Trinajstić information content (AvgIpc) is 3.62. The summed E-state index contributed by atoms with van der Waals surface area (Å²) in [6.07, 6.45) is 8.66. The molecule has 0 amide bonds. The predicted molar refractivity (Wildman–Crippen MR) is 152 cm³/mol. The van der Waals surface area contributed by atoms with Gasteiger partial charge in [0.1, 0.15) is 46.8 Å². The fraction of sp³-hybridized carbons (Fsp3) is 0.387. The lowest BCUT2D eigenvalue weighted by atomic mass is 9.95. The Bertz CT molecular complexity index is 1790. The highest BCUT2D eigenvalue weighted by Gasteiger charge is 2.49. The smallest absolute Gasteiger partial charge is 0.319 e. The minimum absolute atomic E-state index is 0.0304. The van der Waals surface area contributed by atoms with E-state index in [1.165, 1.54) is 31.4 Å². The number of ether oxygens (including phenoxy) is 2. The van der Waals surface area contributed by atoms with E-state index in [9.17, 15) is 13.9 Å². The van der Waals surface area contributed by atoms with Crippen molar-refractivity contribution in [3.63, 3.8) is 0 Å². The number of terminal acetylenes is 1. The van der Waals surface area contributed by atoms with E-state index in [0.717, 1.165) is 32.2 Å². The number of benzene rings is 2. The number of phenolic OH excluding ortho intramolecular Hbond substituents is 1. The van der Waals surface area contributed by atoms with E-state index in [1.807, 2.05) is 0 Å². The molecule has 0 bridgehead atoms. The number of aromatic nitrogens is 3. The van der Waals surface area contributed by atoms with Gasteiger partial charge < -0.3 is 19.9 Å². The summed E-state index contributed by atoms with van der Waals surface area (Å²) in [6.45, 7) is 1.34. The van der Waals surface area contributed by atoms with Crippen molar-refractivity contribution in [1.82, 2.24) is 19.9 Å². The quantitative estimate of drug-likeness (QED) is 0.285. The summed E-state index contributed by atoms with van der Waals surface area (Å²) in [5.41, 5.74) is -0.823. The summed E-state index contributed by atoms with van der Waals surface area (Å²) in [5.74, 6) is 0.982. The molecule has 0 radical (unpaired) electrons. The van der Waals surface area contributed by atoms with Crippen LogP contribution in [-0.4, -0.2) is 69.5 Å². The molecule has 2 aromatic heterocycles. The van der Waals surface area contributed by atoms with Crippen LogP contribution in [0.15, 0.2) is 24.3 Å². The molecule has 8 nitrogen and oxygen atoms in total. The van der Waals surface area contributed by atoms with Gasteiger partial charge in [0.05, 0.1) is 18.2 Å². The van der Waals surface area contributed by atoms with Gasteiger partial charge in [-0.1, -0.05) is 12.0 Å². The van der Waals surface area contributed by atoms with Gasteiger partial charge in [-0.2, -0.15) is 9.97 Å². The number of fused-ring (bicyclic) bond motifs is 3. The molecule has 2 N–H and O–H groups in total. The molecule has 4 heterocycles. The first kappa shape index (κ1) is 26.6. The number of phenols is 1. The largest absolute Gasteiger partial charge is 0.508 e. The summed E-state index contributed by atoms with van der Waals surface area (Å²) in [6, 6.07) is 5.42. The third-order valence-electron chi connectivity index (χ3n) is 8.53. The molecule has 2 atom stereocenters. The number of nitrogens with one attached hydrogen (secondary N) is 1. The Kier molecular flexibility index (Phi) is 6.27. The van der Waals surface area contributed by atoms with Crippen molar-refractivity contribution in [2.45, 2.75) is 49.9 Å². The number of alkyl halides is 1. The van der Waals surface area contributed by atoms with E-state index in [4.69, 9.17) is 15.9 Å². The molecule has 2 aliphatic heterocycles. The van der Waals surface area contributed by atoms with Gasteiger partial charge in [-0.05, 0) is 55.8 Å². The second kappa shape index (κ2) is 9.91. The number of nitrogens with zero attached hydrogens (tertiary/aromatic N) is 4. The number of rotatable bonds is 7. The highest BCUT2D eigenvalue weighted by Crippen LogP contribution is 2.43. The van der Waals surface area contributed by atoms with Crippen LogP contribution in [-0.2, 0) is 0 Å². The van der Waals surface area contributed by atoms with Gasteiger partial charge in [0.25, 0.3) is 0 Å². The number of hydrogen-bond acceptors (Lipinski definition) is 8. The summed E-state index contributed by atoms with van der Waals surface area (Å²) in [4.78, 5) is 15.6. The Balaban J connectivity index is 1.41. The van der Waals surface area contributed by atoms with Gasteiger partial charge in [0.2, 0.25) is 5.88 Å². The Hall–Kier alpha value is -4.30. The number of hydrogen-bond donors (Lipinski definition) is 2. The fourth-order valence-corrected chi connectivity index (χ4v) is 6.44. The van der Waals surface area contributed by atoms with Crippen molar-refractivity contribution >= 4 is 27.5 Å². The van der Waals surface area contributed by atoms with Crippen LogP contribution in [0.2, 0.25) is 0 Å². The molecule has 3 fully saturated rings.